The Kier molecular flexibility index (Phi) is 3.84. The van der Waals surface area contributed by atoms with Crippen molar-refractivity contribution in [1.82, 2.24) is 0 Å². The van der Waals surface area contributed by atoms with E-state index in [9.17, 15) is 4.79 Å². The molecule has 2 nitrogen and oxygen atoms in total. The Morgan fingerprint density at radius 2 is 2.36 bits per heavy atom. The monoisotopic (exact) mass is 211 g/mol. The van der Waals surface area contributed by atoms with Crippen LogP contribution in [0, 0.1) is 5.41 Å². The summed E-state index contributed by atoms with van der Waals surface area (Å²) in [6.07, 6.45) is 1.33. The fraction of sp³-hybridized carbons (Fsp3) is 0.545. The summed E-state index contributed by atoms with van der Waals surface area (Å²) in [4.78, 5) is 11.9. The van der Waals surface area contributed by atoms with Crippen LogP contribution in [0.2, 0.25) is 0 Å². The number of Topliss-reactive ketones (excluding diaryl/α,β-unsaturated/α-hetero) is 1. The first-order valence-corrected chi connectivity index (χ1v) is 5.81. The van der Waals surface area contributed by atoms with Crippen molar-refractivity contribution in [3.8, 4) is 0 Å². The van der Waals surface area contributed by atoms with Crippen LogP contribution in [0.1, 0.15) is 25.8 Å². The predicted molar refractivity (Wildman–Crippen MR) is 60.5 cm³/mol. The van der Waals surface area contributed by atoms with Gasteiger partial charge in [-0.05, 0) is 28.8 Å². The summed E-state index contributed by atoms with van der Waals surface area (Å²) in [6.45, 7) is 4.40. The standard InChI is InChI=1S/C11H17NOS/c1-3-11(2,8-12)10(13)6-9-4-5-14-7-9/h4-5,7H,3,6,8,12H2,1-2H3. The summed E-state index contributed by atoms with van der Waals surface area (Å²) < 4.78 is 0. The van der Waals surface area contributed by atoms with Crippen LogP contribution in [0.15, 0.2) is 16.8 Å². The van der Waals surface area contributed by atoms with Gasteiger partial charge in [0.2, 0.25) is 0 Å². The number of carbonyl (C=O) groups excluding carboxylic acids is 1. The molecular formula is C11H17NOS. The van der Waals surface area contributed by atoms with Gasteiger partial charge in [0.1, 0.15) is 5.78 Å². The SMILES string of the molecule is CCC(C)(CN)C(=O)Cc1ccsc1. The molecule has 1 heterocycles. The first-order valence-electron chi connectivity index (χ1n) is 4.87. The normalized spacial score (nSPS) is 15.1. The van der Waals surface area contributed by atoms with Crippen molar-refractivity contribution in [2.24, 2.45) is 11.1 Å². The van der Waals surface area contributed by atoms with E-state index in [4.69, 9.17) is 5.73 Å². The molecule has 1 unspecified atom stereocenters. The van der Waals surface area contributed by atoms with Gasteiger partial charge in [-0.1, -0.05) is 13.8 Å². The van der Waals surface area contributed by atoms with Crippen LogP contribution in [-0.4, -0.2) is 12.3 Å². The first-order chi connectivity index (χ1) is 6.62. The molecule has 2 N–H and O–H groups in total. The molecule has 0 aromatic carbocycles. The lowest BCUT2D eigenvalue weighted by molar-refractivity contribution is -0.126. The molecule has 1 rings (SSSR count). The quantitative estimate of drug-likeness (QED) is 0.811. The van der Waals surface area contributed by atoms with Crippen molar-refractivity contribution >= 4 is 17.1 Å². The van der Waals surface area contributed by atoms with Crippen LogP contribution in [-0.2, 0) is 11.2 Å². The summed E-state index contributed by atoms with van der Waals surface area (Å²) in [7, 11) is 0. The Morgan fingerprint density at radius 3 is 2.79 bits per heavy atom. The Bertz CT molecular complexity index is 288. The second-order valence-corrected chi connectivity index (χ2v) is 4.63. The van der Waals surface area contributed by atoms with Gasteiger partial charge in [0.05, 0.1) is 0 Å². The molecule has 3 heteroatoms. The maximum absolute atomic E-state index is 11.9. The molecule has 0 saturated heterocycles. The molecule has 78 valence electrons. The minimum Gasteiger partial charge on any atom is -0.329 e. The van der Waals surface area contributed by atoms with Crippen LogP contribution < -0.4 is 5.73 Å². The van der Waals surface area contributed by atoms with Gasteiger partial charge in [0.15, 0.2) is 0 Å². The van der Waals surface area contributed by atoms with E-state index in [1.807, 2.05) is 30.7 Å². The summed E-state index contributed by atoms with van der Waals surface area (Å²) >= 11 is 1.62. The highest BCUT2D eigenvalue weighted by molar-refractivity contribution is 7.07. The molecule has 14 heavy (non-hydrogen) atoms. The zero-order valence-electron chi connectivity index (χ0n) is 8.75. The molecule has 1 atom stereocenters. The Labute approximate surface area is 89.1 Å². The molecule has 1 aromatic rings. The zero-order valence-corrected chi connectivity index (χ0v) is 9.56. The molecule has 0 amide bonds. The van der Waals surface area contributed by atoms with Crippen molar-refractivity contribution in [2.75, 3.05) is 6.54 Å². The summed E-state index contributed by atoms with van der Waals surface area (Å²) in [5.74, 6) is 0.251. The molecule has 0 bridgehead atoms. The van der Waals surface area contributed by atoms with Crippen LogP contribution in [0.3, 0.4) is 0 Å². The van der Waals surface area contributed by atoms with E-state index in [-0.39, 0.29) is 11.2 Å². The average Bonchev–Trinajstić information content (AvgIpc) is 2.69. The van der Waals surface area contributed by atoms with Gasteiger partial charge in [-0.2, -0.15) is 11.3 Å². The summed E-state index contributed by atoms with van der Waals surface area (Å²) in [5, 5.41) is 4.01. The van der Waals surface area contributed by atoms with Crippen LogP contribution in [0.25, 0.3) is 0 Å². The third-order valence-electron chi connectivity index (χ3n) is 2.85. The topological polar surface area (TPSA) is 43.1 Å². The maximum Gasteiger partial charge on any atom is 0.144 e. The van der Waals surface area contributed by atoms with Gasteiger partial charge in [0, 0.05) is 18.4 Å². The molecule has 0 aliphatic heterocycles. The third kappa shape index (κ3) is 2.42. The van der Waals surface area contributed by atoms with Crippen molar-refractivity contribution in [2.45, 2.75) is 26.7 Å². The lowest BCUT2D eigenvalue weighted by atomic mass is 9.81. The third-order valence-corrected chi connectivity index (χ3v) is 3.58. The highest BCUT2D eigenvalue weighted by Crippen LogP contribution is 2.23. The first kappa shape index (κ1) is 11.4. The highest BCUT2D eigenvalue weighted by atomic mass is 32.1. The fourth-order valence-electron chi connectivity index (χ4n) is 1.25. The number of thiophene rings is 1. The summed E-state index contributed by atoms with van der Waals surface area (Å²) in [6, 6.07) is 2.00. The Balaban J connectivity index is 2.66. The summed E-state index contributed by atoms with van der Waals surface area (Å²) in [5.41, 5.74) is 6.39. The average molecular weight is 211 g/mol. The molecule has 0 saturated carbocycles. The number of rotatable bonds is 5. The van der Waals surface area contributed by atoms with Gasteiger partial charge in [-0.3, -0.25) is 4.79 Å². The molecule has 0 radical (unpaired) electrons. The second kappa shape index (κ2) is 4.71. The van der Waals surface area contributed by atoms with Gasteiger partial charge >= 0.3 is 0 Å². The van der Waals surface area contributed by atoms with Gasteiger partial charge in [0.25, 0.3) is 0 Å². The number of ketones is 1. The van der Waals surface area contributed by atoms with E-state index in [2.05, 4.69) is 0 Å². The van der Waals surface area contributed by atoms with E-state index in [1.54, 1.807) is 11.3 Å². The van der Waals surface area contributed by atoms with E-state index < -0.39 is 0 Å². The van der Waals surface area contributed by atoms with Crippen LogP contribution in [0.5, 0.6) is 0 Å². The van der Waals surface area contributed by atoms with Crippen molar-refractivity contribution in [3.05, 3.63) is 22.4 Å². The maximum atomic E-state index is 11.9. The fourth-order valence-corrected chi connectivity index (χ4v) is 1.92. The minimum absolute atomic E-state index is 0.251. The highest BCUT2D eigenvalue weighted by Gasteiger charge is 2.28. The lowest BCUT2D eigenvalue weighted by Gasteiger charge is -2.24. The van der Waals surface area contributed by atoms with E-state index in [0.29, 0.717) is 13.0 Å². The smallest absolute Gasteiger partial charge is 0.144 e. The second-order valence-electron chi connectivity index (χ2n) is 3.85. The number of nitrogens with two attached hydrogens (primary N) is 1. The van der Waals surface area contributed by atoms with Gasteiger partial charge in [-0.25, -0.2) is 0 Å². The minimum atomic E-state index is -0.345. The van der Waals surface area contributed by atoms with Gasteiger partial charge in [-0.15, -0.1) is 0 Å². The van der Waals surface area contributed by atoms with Crippen molar-refractivity contribution in [3.63, 3.8) is 0 Å². The van der Waals surface area contributed by atoms with Crippen LogP contribution >= 0.6 is 11.3 Å². The Morgan fingerprint density at radius 1 is 1.64 bits per heavy atom. The van der Waals surface area contributed by atoms with Crippen molar-refractivity contribution < 1.29 is 4.79 Å². The molecule has 0 spiro atoms. The van der Waals surface area contributed by atoms with Gasteiger partial charge < -0.3 is 5.73 Å². The largest absolute Gasteiger partial charge is 0.329 e. The molecular weight excluding hydrogens is 194 g/mol. The van der Waals surface area contributed by atoms with E-state index in [0.717, 1.165) is 12.0 Å². The number of carbonyl (C=O) groups is 1. The van der Waals surface area contributed by atoms with Crippen LogP contribution in [0.4, 0.5) is 0 Å². The van der Waals surface area contributed by atoms with E-state index in [1.165, 1.54) is 0 Å². The zero-order chi connectivity index (χ0) is 10.6. The van der Waals surface area contributed by atoms with E-state index >= 15 is 0 Å². The molecule has 0 aliphatic carbocycles. The lowest BCUT2D eigenvalue weighted by Crippen LogP contribution is -2.36. The number of hydrogen-bond acceptors (Lipinski definition) is 3. The molecule has 0 aliphatic rings. The predicted octanol–water partition coefficient (Wildman–Crippen LogP) is 2.23. The molecule has 0 fully saturated rings. The number of hydrogen-bond donors (Lipinski definition) is 1. The van der Waals surface area contributed by atoms with Crippen molar-refractivity contribution in [1.29, 1.82) is 0 Å². The Hall–Kier alpha value is -0.670. The molecule has 1 aromatic heterocycles.